The summed E-state index contributed by atoms with van der Waals surface area (Å²) in [7, 11) is 8.65. The second-order valence-electron chi connectivity index (χ2n) is 34.1. The summed E-state index contributed by atoms with van der Waals surface area (Å²) >= 11 is 3.59. The quantitative estimate of drug-likeness (QED) is 0.0941. The Labute approximate surface area is 675 Å². The highest BCUT2D eigenvalue weighted by Gasteiger charge is 2.75. The maximum atomic E-state index is 13.5. The van der Waals surface area contributed by atoms with Crippen molar-refractivity contribution in [2.75, 3.05) is 53.8 Å². The van der Waals surface area contributed by atoms with Gasteiger partial charge in [-0.25, -0.2) is 49.7 Å². The Hall–Kier alpha value is -10.6. The fraction of sp³-hybridized carbons (Fsp3) is 0.396. The van der Waals surface area contributed by atoms with Crippen LogP contribution in [0.5, 0.6) is 0 Å². The first-order chi connectivity index (χ1) is 54.6. The summed E-state index contributed by atoms with van der Waals surface area (Å²) in [5.41, 5.74) is 38.0. The second-order valence-corrected chi connectivity index (χ2v) is 37.7. The molecule has 4 fully saturated rings. The highest BCUT2D eigenvalue weighted by molar-refractivity contribution is 9.10. The molecule has 23 heteroatoms. The zero-order valence-corrected chi connectivity index (χ0v) is 68.0. The number of benzene rings is 7. The highest BCUT2D eigenvalue weighted by atomic mass is 79.9. The predicted molar refractivity (Wildman–Crippen MR) is 447 cm³/mol. The molecular formula is C91H96BrN15O6S. The van der Waals surface area contributed by atoms with Gasteiger partial charge >= 0.3 is 0 Å². The Bertz CT molecular complexity index is 5610. The third-order valence-corrected chi connectivity index (χ3v) is 29.4. The van der Waals surface area contributed by atoms with Crippen molar-refractivity contribution in [1.82, 2.24) is 25.0 Å². The van der Waals surface area contributed by atoms with Crippen molar-refractivity contribution in [3.8, 4) is 46.2 Å². The summed E-state index contributed by atoms with van der Waals surface area (Å²) in [4.78, 5) is 67.9. The lowest BCUT2D eigenvalue weighted by Crippen LogP contribution is -2.50. The minimum absolute atomic E-state index is 0.0422. The molecule has 7 aromatic rings. The summed E-state index contributed by atoms with van der Waals surface area (Å²) in [5.74, 6) is 15.0. The normalized spacial score (nSPS) is 31.1. The van der Waals surface area contributed by atoms with E-state index in [1.54, 1.807) is 67.3 Å². The molecule has 114 heavy (non-hydrogen) atoms. The van der Waals surface area contributed by atoms with Crippen molar-refractivity contribution < 1.29 is 28.3 Å². The lowest BCUT2D eigenvalue weighted by molar-refractivity contribution is -0.223. The van der Waals surface area contributed by atoms with Crippen LogP contribution in [0.25, 0.3) is 22.3 Å². The Kier molecular flexibility index (Phi) is 18.6. The first kappa shape index (κ1) is 76.1. The van der Waals surface area contributed by atoms with Gasteiger partial charge in [0.25, 0.3) is 5.91 Å². The fourth-order valence-corrected chi connectivity index (χ4v) is 22.5. The summed E-state index contributed by atoms with van der Waals surface area (Å²) in [6, 6.07) is 55.8. The number of halogens is 1. The van der Waals surface area contributed by atoms with E-state index in [4.69, 9.17) is 57.4 Å². The molecule has 8 aliphatic carbocycles. The number of nitriles is 2. The van der Waals surface area contributed by atoms with Crippen molar-refractivity contribution in [3.05, 3.63) is 235 Å². The lowest BCUT2D eigenvalue weighted by atomic mass is 9.60. The predicted octanol–water partition coefficient (Wildman–Crippen LogP) is 12.6. The number of carbonyl (C=O) groups is 2. The van der Waals surface area contributed by atoms with Gasteiger partial charge in [-0.15, -0.1) is 0 Å². The number of rotatable bonds is 4. The Morgan fingerprint density at radius 2 is 1.09 bits per heavy atom. The van der Waals surface area contributed by atoms with Crippen LogP contribution in [0.2, 0.25) is 0 Å². The molecule has 7 aromatic carbocycles. The van der Waals surface area contributed by atoms with E-state index in [2.05, 4.69) is 162 Å². The van der Waals surface area contributed by atoms with E-state index < -0.39 is 32.2 Å². The molecule has 2 amide bonds. The van der Waals surface area contributed by atoms with Crippen molar-refractivity contribution >= 4 is 67.0 Å². The zero-order valence-electron chi connectivity index (χ0n) is 65.6. The maximum absolute atomic E-state index is 13.5. The molecule has 20 rings (SSSR count). The number of aliphatic imine (C=N–C) groups is 4. The maximum Gasteiger partial charge on any atom is 0.262 e. The number of likely N-dealkylation sites (N-methyl/N-ethyl adjacent to an activating group) is 2. The van der Waals surface area contributed by atoms with Gasteiger partial charge in [-0.2, -0.15) is 10.5 Å². The average Bonchev–Trinajstić information content (AvgIpc) is 1.49. The molecule has 7 atom stereocenters. The Morgan fingerprint density at radius 1 is 0.570 bits per heavy atom. The molecule has 8 spiro atoms. The van der Waals surface area contributed by atoms with E-state index in [1.807, 2.05) is 43.4 Å². The van der Waals surface area contributed by atoms with E-state index in [0.29, 0.717) is 77.1 Å². The molecule has 5 heterocycles. The van der Waals surface area contributed by atoms with E-state index >= 15 is 0 Å². The van der Waals surface area contributed by atoms with Crippen molar-refractivity contribution in [2.45, 2.75) is 138 Å². The van der Waals surface area contributed by atoms with Crippen LogP contribution in [0.15, 0.2) is 188 Å². The van der Waals surface area contributed by atoms with Gasteiger partial charge < -0.3 is 27.8 Å². The van der Waals surface area contributed by atoms with Crippen molar-refractivity contribution in [1.29, 1.82) is 10.5 Å². The van der Waals surface area contributed by atoms with Crippen molar-refractivity contribution in [2.24, 2.45) is 76.4 Å². The Balaban J connectivity index is 0.000000110. The highest BCUT2D eigenvalue weighted by Crippen LogP contribution is 2.76. The lowest BCUT2D eigenvalue weighted by Gasteiger charge is -2.44. The van der Waals surface area contributed by atoms with E-state index in [1.165, 1.54) is 45.7 Å². The molecule has 3 saturated carbocycles. The van der Waals surface area contributed by atoms with Crippen LogP contribution in [0.4, 0.5) is 0 Å². The molecule has 5 unspecified atom stereocenters. The minimum atomic E-state index is -2.05. The molecule has 13 aliphatic rings. The topological polar surface area (TPSA) is 296 Å². The first-order valence-electron chi connectivity index (χ1n) is 39.5. The summed E-state index contributed by atoms with van der Waals surface area (Å²) < 4.78 is 13.6. The van der Waals surface area contributed by atoms with Gasteiger partial charge in [0.15, 0.2) is 11.5 Å². The number of hydrogen-bond donors (Lipinski definition) is 4. The largest absolute Gasteiger partial charge is 0.369 e. The standard InChI is InChI=1S/C26H27N5O2.C23H24N4O2S.C23H27N3O.C19H18BrN3O/c1-30(2)23(32)18-9-11-25(12-10-18)15-21-8-7-20(19-6-4-5-17(13-19)16-27)14-22(21)26(25)29-24(28)31(3)33-26;1-27-21(25)26-23(29-27)20-13-18(17-5-3-4-16(12-17)15-24)6-7-19(20)14-22(23)8-10-30(2,28)11-9-22;1-15-9-11-22(12-10-15)14-18-8-7-17(6-5-16-3-4-16)13-19(18)23(22)20(27)26(2)21(24)25-23;1-23-17(21)22-19(24-23)15-9-14(20)8-7-13(15)10-18(19)11-16(18)12-5-3-2-4-6-12/h4-9,13-14H,10-12,15H2,1-3H3,(H2,28,29);3-7,12-13H,2,8-11,14H2,1H3,(H2,25,26);7-8,13,15-16H,3-4,9-12,14H2,1-2H3,(H2,24,25);2-9,16H,10-11H2,1H3,(H2,21,22)/t;;;16-,18+,19?/m...1/s1. The van der Waals surface area contributed by atoms with Gasteiger partial charge in [-0.05, 0) is 233 Å². The molecule has 8 N–H and O–H groups in total. The molecular weight excluding hydrogens is 1510 g/mol. The van der Waals surface area contributed by atoms with Crippen LogP contribution in [-0.4, -0.2) is 125 Å². The number of allylic oxidation sites excluding steroid dienone is 1. The number of fused-ring (bicyclic) bond motifs is 12. The van der Waals surface area contributed by atoms with E-state index in [9.17, 15) is 24.3 Å². The van der Waals surface area contributed by atoms with Crippen molar-refractivity contribution in [3.63, 3.8) is 0 Å². The third-order valence-electron chi connectivity index (χ3n) is 27.0. The number of nitrogens with zero attached hydrogens (tertiary/aromatic N) is 11. The summed E-state index contributed by atoms with van der Waals surface area (Å²) in [5, 5.41) is 23.3. The number of carbonyl (C=O) groups excluding carboxylic acids is 2. The van der Waals surface area contributed by atoms with Crippen LogP contribution in [0.1, 0.15) is 157 Å². The minimum Gasteiger partial charge on any atom is -0.369 e. The molecule has 1 saturated heterocycles. The monoisotopic (exact) mass is 1610 g/mol. The molecule has 0 aromatic heterocycles. The van der Waals surface area contributed by atoms with Crippen LogP contribution < -0.4 is 22.9 Å². The number of hydrogen-bond acceptors (Lipinski definition) is 19. The SMILES string of the molecule is C=S1(=O)CCC2(CC1)Cc1ccc(-c3cccc(C#N)c3)cc1C21N=C(N)N(C)O1.CC1CCC2(CC1)Cc1ccc(C#CC3CC3)cc1C21N=C(N)N(C)C1=O.CN(C)C(=O)C1=CCC2(CC1)Cc1ccc(-c3cccc(C#N)c3)cc1C21N=C(N)N(C)O1.CN1OC2(N=C1N)c1cc(Br)ccc1C[C@@]21C[C@@H]1c1ccccc1. The van der Waals surface area contributed by atoms with Crippen LogP contribution in [0.3, 0.4) is 0 Å². The summed E-state index contributed by atoms with van der Waals surface area (Å²) in [6.07, 6.45) is 17.0. The number of guanidine groups is 4. The van der Waals surface area contributed by atoms with Gasteiger partial charge in [-0.3, -0.25) is 18.7 Å². The van der Waals surface area contributed by atoms with Crippen LogP contribution in [0, 0.1) is 68.0 Å². The van der Waals surface area contributed by atoms with Crippen LogP contribution in [-0.2, 0) is 82.0 Å². The second kappa shape index (κ2) is 27.9. The molecule has 584 valence electrons. The fourth-order valence-electron chi connectivity index (χ4n) is 20.4. The Morgan fingerprint density at radius 3 is 1.61 bits per heavy atom. The molecule has 0 radical (unpaired) electrons. The third kappa shape index (κ3) is 12.2. The summed E-state index contributed by atoms with van der Waals surface area (Å²) in [6.45, 7) is 2.31. The van der Waals surface area contributed by atoms with Gasteiger partial charge in [0.05, 0.1) is 23.3 Å². The smallest absolute Gasteiger partial charge is 0.262 e. The molecule has 5 aliphatic heterocycles. The van der Waals surface area contributed by atoms with E-state index in [0.717, 1.165) is 137 Å². The van der Waals surface area contributed by atoms with Gasteiger partial charge in [0.2, 0.25) is 41.0 Å². The first-order valence-corrected chi connectivity index (χ1v) is 42.4. The number of nitrogens with two attached hydrogens (primary N) is 4. The van der Waals surface area contributed by atoms with Gasteiger partial charge in [0.1, 0.15) is 0 Å². The van der Waals surface area contributed by atoms with Crippen LogP contribution >= 0.6 is 15.9 Å². The van der Waals surface area contributed by atoms with E-state index in [-0.39, 0.29) is 33.5 Å². The zero-order chi connectivity index (χ0) is 79.9. The molecule has 21 nitrogen and oxygen atoms in total. The van der Waals surface area contributed by atoms with Gasteiger partial charge in [-0.1, -0.05) is 145 Å². The number of hydroxylamine groups is 6. The van der Waals surface area contributed by atoms with Gasteiger partial charge in [0, 0.05) is 114 Å². The average molecular weight is 1610 g/mol. The molecule has 0 bridgehead atoms. The number of amides is 2.